The van der Waals surface area contributed by atoms with E-state index in [4.69, 9.17) is 15.2 Å². The first-order valence-corrected chi connectivity index (χ1v) is 6.01. The molecule has 0 spiro atoms. The van der Waals surface area contributed by atoms with E-state index in [2.05, 4.69) is 0 Å². The number of nitrogens with zero attached hydrogens (tertiary/aromatic N) is 1. The average Bonchev–Trinajstić information content (AvgIpc) is 2.46. The number of nitrogens with two attached hydrogens (primary N) is 1. The Morgan fingerprint density at radius 1 is 1.00 bits per heavy atom. The Morgan fingerprint density at radius 3 is 2.30 bits per heavy atom. The summed E-state index contributed by atoms with van der Waals surface area (Å²) in [6.07, 6.45) is 0. The molecule has 0 aromatic heterocycles. The van der Waals surface area contributed by atoms with E-state index < -0.39 is 4.92 Å². The Kier molecular flexibility index (Phi) is 4.39. The molecule has 0 aliphatic heterocycles. The van der Waals surface area contributed by atoms with E-state index in [1.165, 1.54) is 12.1 Å². The largest absolute Gasteiger partial charge is 0.490 e. The maximum Gasteiger partial charge on any atom is 0.295 e. The van der Waals surface area contributed by atoms with E-state index in [0.717, 1.165) is 5.75 Å². The number of hydrogen-bond donors (Lipinski definition) is 1. The summed E-state index contributed by atoms with van der Waals surface area (Å²) in [4.78, 5) is 10.2. The highest BCUT2D eigenvalue weighted by Gasteiger charge is 2.12. The van der Waals surface area contributed by atoms with Crippen molar-refractivity contribution < 1.29 is 14.4 Å². The zero-order chi connectivity index (χ0) is 14.4. The maximum absolute atomic E-state index is 10.7. The zero-order valence-electron chi connectivity index (χ0n) is 10.7. The molecule has 0 unspecified atom stereocenters. The third-order valence-corrected chi connectivity index (χ3v) is 2.56. The van der Waals surface area contributed by atoms with Crippen molar-refractivity contribution in [2.24, 2.45) is 0 Å². The van der Waals surface area contributed by atoms with Gasteiger partial charge in [0.05, 0.1) is 11.0 Å². The molecule has 2 N–H and O–H groups in total. The molecule has 0 radical (unpaired) electrons. The Balaban J connectivity index is 1.85. The van der Waals surface area contributed by atoms with Crippen molar-refractivity contribution in [1.82, 2.24) is 0 Å². The van der Waals surface area contributed by atoms with Crippen LogP contribution < -0.4 is 15.2 Å². The molecule has 0 aliphatic rings. The molecule has 104 valence electrons. The second-order valence-electron chi connectivity index (χ2n) is 3.99. The lowest BCUT2D eigenvalue weighted by Crippen LogP contribution is -2.09. The van der Waals surface area contributed by atoms with Gasteiger partial charge in [-0.3, -0.25) is 10.1 Å². The molecule has 0 bridgehead atoms. The van der Waals surface area contributed by atoms with Crippen molar-refractivity contribution in [3.63, 3.8) is 0 Å². The molecule has 2 aromatic rings. The van der Waals surface area contributed by atoms with Crippen molar-refractivity contribution in [3.8, 4) is 11.5 Å². The van der Waals surface area contributed by atoms with Gasteiger partial charge in [-0.15, -0.1) is 0 Å². The monoisotopic (exact) mass is 274 g/mol. The van der Waals surface area contributed by atoms with Gasteiger partial charge in [-0.2, -0.15) is 0 Å². The lowest BCUT2D eigenvalue weighted by molar-refractivity contribution is -0.384. The first kappa shape index (κ1) is 13.7. The highest BCUT2D eigenvalue weighted by molar-refractivity contribution is 5.60. The fraction of sp³-hybridized carbons (Fsp3) is 0.143. The molecule has 6 nitrogen and oxygen atoms in total. The first-order chi connectivity index (χ1) is 9.66. The molecule has 6 heteroatoms. The van der Waals surface area contributed by atoms with Gasteiger partial charge in [0.15, 0.2) is 0 Å². The van der Waals surface area contributed by atoms with E-state index in [0.29, 0.717) is 12.4 Å². The molecule has 0 heterocycles. The van der Waals surface area contributed by atoms with Crippen LogP contribution in [0.2, 0.25) is 0 Å². The Hall–Kier alpha value is -2.76. The lowest BCUT2D eigenvalue weighted by Gasteiger charge is -2.08. The van der Waals surface area contributed by atoms with Crippen molar-refractivity contribution in [1.29, 1.82) is 0 Å². The second kappa shape index (κ2) is 6.42. The average molecular weight is 274 g/mol. The van der Waals surface area contributed by atoms with Crippen molar-refractivity contribution in [2.45, 2.75) is 0 Å². The van der Waals surface area contributed by atoms with Gasteiger partial charge < -0.3 is 15.2 Å². The van der Waals surface area contributed by atoms with E-state index in [1.54, 1.807) is 6.07 Å². The number of para-hydroxylation sites is 1. The number of rotatable bonds is 6. The van der Waals surface area contributed by atoms with Crippen molar-refractivity contribution >= 4 is 11.4 Å². The van der Waals surface area contributed by atoms with Crippen molar-refractivity contribution in [2.75, 3.05) is 18.9 Å². The van der Waals surface area contributed by atoms with Gasteiger partial charge in [-0.05, 0) is 24.3 Å². The maximum atomic E-state index is 10.7. The highest BCUT2D eigenvalue weighted by Crippen LogP contribution is 2.26. The molecule has 2 rings (SSSR count). The van der Waals surface area contributed by atoms with E-state index in [1.807, 2.05) is 30.3 Å². The van der Waals surface area contributed by atoms with Gasteiger partial charge in [-0.25, -0.2) is 0 Å². The Morgan fingerprint density at radius 2 is 1.65 bits per heavy atom. The summed E-state index contributed by atoms with van der Waals surface area (Å²) < 4.78 is 10.8. The Bertz CT molecular complexity index is 587. The molecular weight excluding hydrogens is 260 g/mol. The number of hydrogen-bond acceptors (Lipinski definition) is 5. The molecular formula is C14H14N2O4. The fourth-order valence-corrected chi connectivity index (χ4v) is 1.61. The topological polar surface area (TPSA) is 87.6 Å². The fourth-order valence-electron chi connectivity index (χ4n) is 1.61. The van der Waals surface area contributed by atoms with Crippen LogP contribution in [0.4, 0.5) is 11.4 Å². The van der Waals surface area contributed by atoms with Gasteiger partial charge in [0.2, 0.25) is 0 Å². The van der Waals surface area contributed by atoms with Crippen LogP contribution in [0.5, 0.6) is 11.5 Å². The summed E-state index contributed by atoms with van der Waals surface area (Å²) >= 11 is 0. The van der Waals surface area contributed by atoms with E-state index >= 15 is 0 Å². The number of anilines is 1. The summed E-state index contributed by atoms with van der Waals surface area (Å²) in [5.74, 6) is 1.14. The van der Waals surface area contributed by atoms with Gasteiger partial charge in [0.25, 0.3) is 5.69 Å². The minimum Gasteiger partial charge on any atom is -0.490 e. The minimum absolute atomic E-state index is 0.114. The molecule has 20 heavy (non-hydrogen) atoms. The van der Waals surface area contributed by atoms with Gasteiger partial charge in [0.1, 0.15) is 30.4 Å². The summed E-state index contributed by atoms with van der Waals surface area (Å²) in [7, 11) is 0. The van der Waals surface area contributed by atoms with Crippen LogP contribution in [-0.4, -0.2) is 18.1 Å². The SMILES string of the molecule is Nc1ccc(OCCOc2ccccc2)cc1[N+](=O)[O-]. The van der Waals surface area contributed by atoms with Crippen LogP contribution in [-0.2, 0) is 0 Å². The molecule has 0 fully saturated rings. The van der Waals surface area contributed by atoms with Gasteiger partial charge in [0, 0.05) is 0 Å². The molecule has 2 aromatic carbocycles. The third kappa shape index (κ3) is 3.61. The van der Waals surface area contributed by atoms with E-state index in [-0.39, 0.29) is 18.0 Å². The van der Waals surface area contributed by atoms with Crippen LogP contribution in [0.15, 0.2) is 48.5 Å². The van der Waals surface area contributed by atoms with Crippen LogP contribution in [0.3, 0.4) is 0 Å². The molecule has 0 amide bonds. The summed E-state index contributed by atoms with van der Waals surface area (Å²) in [5.41, 5.74) is 5.45. The number of nitro benzene ring substituents is 1. The molecule has 0 saturated carbocycles. The second-order valence-corrected chi connectivity index (χ2v) is 3.99. The minimum atomic E-state index is -0.539. The van der Waals surface area contributed by atoms with Gasteiger partial charge >= 0.3 is 0 Å². The van der Waals surface area contributed by atoms with Crippen LogP contribution in [0, 0.1) is 10.1 Å². The normalized spacial score (nSPS) is 10.0. The number of ether oxygens (including phenoxy) is 2. The highest BCUT2D eigenvalue weighted by atomic mass is 16.6. The van der Waals surface area contributed by atoms with Crippen molar-refractivity contribution in [3.05, 3.63) is 58.6 Å². The molecule has 0 atom stereocenters. The zero-order valence-corrected chi connectivity index (χ0v) is 10.7. The molecule has 0 saturated heterocycles. The van der Waals surface area contributed by atoms with Crippen LogP contribution in [0.25, 0.3) is 0 Å². The summed E-state index contributed by atoms with van der Waals surface area (Å²) in [5, 5.41) is 10.7. The predicted molar refractivity (Wildman–Crippen MR) is 74.9 cm³/mol. The first-order valence-electron chi connectivity index (χ1n) is 6.01. The number of benzene rings is 2. The summed E-state index contributed by atoms with van der Waals surface area (Å²) in [6, 6.07) is 13.7. The quantitative estimate of drug-likeness (QED) is 0.378. The van der Waals surface area contributed by atoms with Gasteiger partial charge in [-0.1, -0.05) is 18.2 Å². The molecule has 0 aliphatic carbocycles. The standard InChI is InChI=1S/C14H14N2O4/c15-13-7-6-12(10-14(13)16(17)18)20-9-8-19-11-4-2-1-3-5-11/h1-7,10H,8-9,15H2. The summed E-state index contributed by atoms with van der Waals surface area (Å²) in [6.45, 7) is 0.637. The van der Waals surface area contributed by atoms with Crippen LogP contribution >= 0.6 is 0 Å². The lowest BCUT2D eigenvalue weighted by atomic mass is 10.2. The van der Waals surface area contributed by atoms with Crippen LogP contribution in [0.1, 0.15) is 0 Å². The number of nitrogen functional groups attached to an aromatic ring is 1. The smallest absolute Gasteiger partial charge is 0.295 e. The third-order valence-electron chi connectivity index (χ3n) is 2.56. The number of nitro groups is 1. The predicted octanol–water partition coefficient (Wildman–Crippen LogP) is 2.63. The Labute approximate surface area is 115 Å². The van der Waals surface area contributed by atoms with E-state index in [9.17, 15) is 10.1 Å².